The number of rotatable bonds is 6. The molecule has 9 nitrogen and oxygen atoms in total. The highest BCUT2D eigenvalue weighted by atomic mass is 19.4. The standard InChI is InChI=1S/C23H30F3N5O4/c1-12(32)30-21(2,3)4-5-31-18(23(24,25)26)16(11-28-31)19(33)29-17-14-6-13-7-15(17)10-22(8-13,9-14)35-20(27)34/h4-5,11,13-15,17H,6-10H2,1-3H3,(H2,27,34)(H,29,33)(H,30,32). The van der Waals surface area contributed by atoms with Crippen LogP contribution in [0.1, 0.15) is 68.9 Å². The third kappa shape index (κ3) is 5.15. The van der Waals surface area contributed by atoms with Crippen LogP contribution in [0.5, 0.6) is 0 Å². The highest BCUT2D eigenvalue weighted by Gasteiger charge is 2.57. The van der Waals surface area contributed by atoms with Crippen LogP contribution >= 0.6 is 0 Å². The van der Waals surface area contributed by atoms with E-state index in [-0.39, 0.29) is 23.8 Å². The molecule has 1 aromatic heterocycles. The molecule has 1 aromatic rings. The Labute approximate surface area is 200 Å². The quantitative estimate of drug-likeness (QED) is 0.557. The Bertz CT molecular complexity index is 1050. The van der Waals surface area contributed by atoms with Crippen LogP contribution in [-0.4, -0.2) is 44.9 Å². The number of carbonyl (C=O) groups is 3. The smallest absolute Gasteiger partial charge is 0.434 e. The van der Waals surface area contributed by atoms with Crippen molar-refractivity contribution in [1.29, 1.82) is 0 Å². The Morgan fingerprint density at radius 2 is 1.83 bits per heavy atom. The number of carbonyl (C=O) groups excluding carboxylic acids is 3. The summed E-state index contributed by atoms with van der Waals surface area (Å²) < 4.78 is 48.0. The second-order valence-electron chi connectivity index (χ2n) is 10.6. The van der Waals surface area contributed by atoms with Gasteiger partial charge in [-0.25, -0.2) is 9.48 Å². The van der Waals surface area contributed by atoms with E-state index in [0.29, 0.717) is 23.4 Å². The first kappa shape index (κ1) is 25.1. The molecular weight excluding hydrogens is 467 g/mol. The van der Waals surface area contributed by atoms with Gasteiger partial charge in [0.1, 0.15) is 5.60 Å². The van der Waals surface area contributed by atoms with Gasteiger partial charge in [-0.15, -0.1) is 0 Å². The van der Waals surface area contributed by atoms with E-state index in [0.717, 1.165) is 31.7 Å². The maximum absolute atomic E-state index is 14.0. The lowest BCUT2D eigenvalue weighted by Gasteiger charge is -2.58. The molecule has 0 radical (unpaired) electrons. The molecule has 5 rings (SSSR count). The number of primary amides is 1. The first-order chi connectivity index (χ1) is 16.2. The fourth-order valence-electron chi connectivity index (χ4n) is 6.43. The minimum absolute atomic E-state index is 0.00715. The number of nitrogens with zero attached hydrogens (tertiary/aromatic N) is 2. The first-order valence-electron chi connectivity index (χ1n) is 11.6. The van der Waals surface area contributed by atoms with Crippen molar-refractivity contribution in [1.82, 2.24) is 20.4 Å². The van der Waals surface area contributed by atoms with E-state index in [1.54, 1.807) is 13.8 Å². The Morgan fingerprint density at radius 1 is 1.20 bits per heavy atom. The van der Waals surface area contributed by atoms with E-state index < -0.39 is 40.6 Å². The van der Waals surface area contributed by atoms with Crippen LogP contribution in [0.2, 0.25) is 0 Å². The molecule has 192 valence electrons. The van der Waals surface area contributed by atoms with Crippen molar-refractivity contribution in [3.8, 4) is 0 Å². The molecule has 4 fully saturated rings. The van der Waals surface area contributed by atoms with Crippen LogP contribution < -0.4 is 16.4 Å². The fraction of sp³-hybridized carbons (Fsp3) is 0.652. The van der Waals surface area contributed by atoms with Gasteiger partial charge in [-0.05, 0) is 69.8 Å². The van der Waals surface area contributed by atoms with Gasteiger partial charge < -0.3 is 21.1 Å². The van der Waals surface area contributed by atoms with Crippen LogP contribution in [0.25, 0.3) is 6.20 Å². The SMILES string of the molecule is CC(=O)NC(C)(C)C=Cn1ncc(C(=O)NC2C3CC4CC2CC(OC(N)=O)(C4)C3)c1C(F)(F)F. The number of alkyl halides is 3. The summed E-state index contributed by atoms with van der Waals surface area (Å²) in [4.78, 5) is 35.8. The summed E-state index contributed by atoms with van der Waals surface area (Å²) in [5.74, 6) is -0.861. The fourth-order valence-corrected chi connectivity index (χ4v) is 6.43. The van der Waals surface area contributed by atoms with Crippen LogP contribution in [0.4, 0.5) is 18.0 Å². The predicted octanol–water partition coefficient (Wildman–Crippen LogP) is 3.06. The number of hydrogen-bond acceptors (Lipinski definition) is 5. The zero-order valence-corrected chi connectivity index (χ0v) is 19.8. The normalized spacial score (nSPS) is 29.9. The van der Waals surface area contributed by atoms with Gasteiger partial charge in [-0.2, -0.15) is 18.3 Å². The van der Waals surface area contributed by atoms with E-state index in [1.165, 1.54) is 13.0 Å². The van der Waals surface area contributed by atoms with Crippen molar-refractivity contribution >= 4 is 24.1 Å². The summed E-state index contributed by atoms with van der Waals surface area (Å²) in [5.41, 5.74) is 1.94. The summed E-state index contributed by atoms with van der Waals surface area (Å²) >= 11 is 0. The third-order valence-corrected chi connectivity index (χ3v) is 7.27. The highest BCUT2D eigenvalue weighted by Crippen LogP contribution is 2.57. The molecule has 1 heterocycles. The lowest BCUT2D eigenvalue weighted by molar-refractivity contribution is -0.143. The van der Waals surface area contributed by atoms with E-state index in [9.17, 15) is 27.6 Å². The van der Waals surface area contributed by atoms with Crippen molar-refractivity contribution in [2.75, 3.05) is 0 Å². The number of hydrogen-bond donors (Lipinski definition) is 3. The molecular formula is C23H30F3N5O4. The molecule has 12 heteroatoms. The molecule has 0 spiro atoms. The molecule has 35 heavy (non-hydrogen) atoms. The molecule has 4 saturated carbocycles. The maximum Gasteiger partial charge on any atom is 0.434 e. The van der Waals surface area contributed by atoms with Crippen molar-refractivity contribution in [3.05, 3.63) is 23.5 Å². The Kier molecular flexibility index (Phi) is 6.13. The van der Waals surface area contributed by atoms with Crippen LogP contribution in [0, 0.1) is 17.8 Å². The molecule has 4 bridgehead atoms. The molecule has 4 aliphatic carbocycles. The van der Waals surface area contributed by atoms with E-state index in [4.69, 9.17) is 10.5 Å². The third-order valence-electron chi connectivity index (χ3n) is 7.27. The van der Waals surface area contributed by atoms with Crippen molar-refractivity contribution in [3.63, 3.8) is 0 Å². The molecule has 2 unspecified atom stereocenters. The number of nitrogens with one attached hydrogen (secondary N) is 2. The molecule has 4 aliphatic rings. The number of ether oxygens (including phenoxy) is 1. The van der Waals surface area contributed by atoms with Gasteiger partial charge in [0.05, 0.1) is 17.3 Å². The Balaban J connectivity index is 1.55. The van der Waals surface area contributed by atoms with Crippen LogP contribution in [-0.2, 0) is 15.7 Å². The van der Waals surface area contributed by atoms with Gasteiger partial charge in [-0.1, -0.05) is 0 Å². The highest BCUT2D eigenvalue weighted by molar-refractivity contribution is 5.95. The molecule has 0 saturated heterocycles. The summed E-state index contributed by atoms with van der Waals surface area (Å²) in [6, 6.07) is -0.317. The second-order valence-corrected chi connectivity index (χ2v) is 10.6. The lowest BCUT2D eigenvalue weighted by Crippen LogP contribution is -2.63. The van der Waals surface area contributed by atoms with E-state index in [1.807, 2.05) is 0 Å². The largest absolute Gasteiger partial charge is 0.443 e. The van der Waals surface area contributed by atoms with Crippen LogP contribution in [0.3, 0.4) is 0 Å². The Morgan fingerprint density at radius 3 is 2.37 bits per heavy atom. The summed E-state index contributed by atoms with van der Waals surface area (Å²) in [7, 11) is 0. The van der Waals surface area contributed by atoms with Gasteiger partial charge >= 0.3 is 12.3 Å². The molecule has 3 amide bonds. The molecule has 0 aromatic carbocycles. The number of amides is 3. The first-order valence-corrected chi connectivity index (χ1v) is 11.6. The predicted molar refractivity (Wildman–Crippen MR) is 119 cm³/mol. The lowest BCUT2D eigenvalue weighted by atomic mass is 9.52. The van der Waals surface area contributed by atoms with Crippen LogP contribution in [0.15, 0.2) is 12.3 Å². The van der Waals surface area contributed by atoms with Gasteiger partial charge in [-0.3, -0.25) is 9.59 Å². The zero-order chi connectivity index (χ0) is 25.8. The van der Waals surface area contributed by atoms with Crippen molar-refractivity contribution in [2.24, 2.45) is 23.5 Å². The van der Waals surface area contributed by atoms with Gasteiger partial charge in [0.25, 0.3) is 5.91 Å². The summed E-state index contributed by atoms with van der Waals surface area (Å²) in [6.45, 7) is 4.55. The summed E-state index contributed by atoms with van der Waals surface area (Å²) in [6.07, 6.45) is 1.12. The minimum atomic E-state index is -4.84. The number of aromatic nitrogens is 2. The molecule has 2 atom stereocenters. The van der Waals surface area contributed by atoms with E-state index >= 15 is 0 Å². The van der Waals surface area contributed by atoms with E-state index in [2.05, 4.69) is 15.7 Å². The van der Waals surface area contributed by atoms with Crippen molar-refractivity contribution in [2.45, 2.75) is 76.2 Å². The average molecular weight is 498 g/mol. The number of nitrogens with two attached hydrogens (primary N) is 1. The number of halogens is 3. The maximum atomic E-state index is 14.0. The molecule has 4 N–H and O–H groups in total. The monoisotopic (exact) mass is 497 g/mol. The zero-order valence-electron chi connectivity index (χ0n) is 19.8. The second kappa shape index (κ2) is 8.56. The summed E-state index contributed by atoms with van der Waals surface area (Å²) in [5, 5.41) is 9.22. The van der Waals surface area contributed by atoms with Gasteiger partial charge in [0.15, 0.2) is 5.69 Å². The van der Waals surface area contributed by atoms with Gasteiger partial charge in [0.2, 0.25) is 5.91 Å². The Hall–Kier alpha value is -3.05. The minimum Gasteiger partial charge on any atom is -0.443 e. The van der Waals surface area contributed by atoms with Crippen molar-refractivity contribution < 1.29 is 32.3 Å². The molecule has 0 aliphatic heterocycles. The van der Waals surface area contributed by atoms with Gasteiger partial charge in [0, 0.05) is 19.2 Å². The topological polar surface area (TPSA) is 128 Å². The average Bonchev–Trinajstić information content (AvgIpc) is 3.11.